The van der Waals surface area contributed by atoms with Gasteiger partial charge in [-0.25, -0.2) is 0 Å². The Morgan fingerprint density at radius 3 is 2.44 bits per heavy atom. The Bertz CT molecular complexity index is 1460. The van der Waals surface area contributed by atoms with Gasteiger partial charge in [-0.15, -0.1) is 0 Å². The summed E-state index contributed by atoms with van der Waals surface area (Å²) in [6.45, 7) is 0.811. The first-order valence-electron chi connectivity index (χ1n) is 13.9. The van der Waals surface area contributed by atoms with Crippen LogP contribution in [0.1, 0.15) is 49.7 Å². The summed E-state index contributed by atoms with van der Waals surface area (Å²) in [6.07, 6.45) is 10.5. The normalized spacial score (nSPS) is 14.4. The molecule has 1 aliphatic carbocycles. The monoisotopic (exact) mass is 610 g/mol. The minimum atomic E-state index is -0.475. The fourth-order valence-corrected chi connectivity index (χ4v) is 5.86. The van der Waals surface area contributed by atoms with Crippen molar-refractivity contribution in [3.05, 3.63) is 99.3 Å². The number of halogens is 3. The van der Waals surface area contributed by atoms with Crippen molar-refractivity contribution < 1.29 is 4.79 Å². The highest BCUT2D eigenvalue weighted by molar-refractivity contribution is 6.35. The molecule has 0 radical (unpaired) electrons. The molecule has 4 aromatic rings. The Morgan fingerprint density at radius 1 is 0.902 bits per heavy atom. The number of aromatic nitrogens is 3. The van der Waals surface area contributed by atoms with Crippen LogP contribution in [0.2, 0.25) is 15.1 Å². The number of rotatable bonds is 11. The van der Waals surface area contributed by atoms with Crippen molar-refractivity contribution in [3.63, 3.8) is 0 Å². The van der Waals surface area contributed by atoms with Crippen LogP contribution in [0.4, 0.5) is 11.8 Å². The van der Waals surface area contributed by atoms with Gasteiger partial charge in [-0.2, -0.15) is 9.97 Å². The average molecular weight is 612 g/mol. The molecule has 2 heterocycles. The lowest BCUT2D eigenvalue weighted by Gasteiger charge is -2.27. The second kappa shape index (κ2) is 14.1. The lowest BCUT2D eigenvalue weighted by molar-refractivity contribution is -0.122. The van der Waals surface area contributed by atoms with Crippen LogP contribution in [-0.4, -0.2) is 26.5 Å². The molecule has 2 aromatic carbocycles. The molecule has 0 bridgehead atoms. The van der Waals surface area contributed by atoms with Crippen molar-refractivity contribution in [2.75, 3.05) is 10.6 Å². The number of amides is 1. The third-order valence-corrected chi connectivity index (χ3v) is 8.14. The molecular weight excluding hydrogens is 579 g/mol. The summed E-state index contributed by atoms with van der Waals surface area (Å²) in [4.78, 5) is 23.1. The van der Waals surface area contributed by atoms with Crippen molar-refractivity contribution in [2.45, 2.75) is 57.7 Å². The fraction of sp³-hybridized carbons (Fsp3) is 0.323. The molecular formula is C31H33Cl3N6O. The lowest BCUT2D eigenvalue weighted by Crippen LogP contribution is -2.41. The van der Waals surface area contributed by atoms with Crippen LogP contribution in [0.25, 0.3) is 5.82 Å². The van der Waals surface area contributed by atoms with Gasteiger partial charge in [-0.3, -0.25) is 4.79 Å². The number of anilines is 2. The van der Waals surface area contributed by atoms with Gasteiger partial charge in [0.1, 0.15) is 17.7 Å². The van der Waals surface area contributed by atoms with Crippen molar-refractivity contribution in [1.29, 1.82) is 0 Å². The number of nitrogens with one attached hydrogen (secondary N) is 3. The van der Waals surface area contributed by atoms with Crippen LogP contribution in [0, 0.1) is 5.92 Å². The second-order valence-corrected chi connectivity index (χ2v) is 11.7. The van der Waals surface area contributed by atoms with Gasteiger partial charge in [-0.1, -0.05) is 85.1 Å². The molecule has 214 valence electrons. The molecule has 2 aromatic heterocycles. The first kappa shape index (κ1) is 29.2. The fourth-order valence-electron chi connectivity index (χ4n) is 5.17. The number of hydrogen-bond donors (Lipinski definition) is 3. The number of nitrogens with zero attached hydrogens (tertiary/aromatic N) is 3. The first-order valence-corrected chi connectivity index (χ1v) is 15.1. The van der Waals surface area contributed by atoms with Crippen LogP contribution in [0.5, 0.6) is 0 Å². The van der Waals surface area contributed by atoms with Gasteiger partial charge in [0.2, 0.25) is 11.9 Å². The smallest absolute Gasteiger partial charge is 0.242 e. The van der Waals surface area contributed by atoms with Gasteiger partial charge in [0.25, 0.3) is 0 Å². The Hall–Kier alpha value is -3.26. The molecule has 0 spiro atoms. The molecule has 1 saturated carbocycles. The minimum Gasteiger partial charge on any atom is -0.358 e. The molecule has 10 heteroatoms. The zero-order valence-corrected chi connectivity index (χ0v) is 24.9. The Labute approximate surface area is 255 Å². The maximum Gasteiger partial charge on any atom is 0.242 e. The zero-order chi connectivity index (χ0) is 28.6. The highest BCUT2D eigenvalue weighted by Crippen LogP contribution is 2.29. The minimum absolute atomic E-state index is 0.101. The summed E-state index contributed by atoms with van der Waals surface area (Å²) in [6, 6.07) is 18.2. The Morgan fingerprint density at radius 2 is 1.68 bits per heavy atom. The maximum absolute atomic E-state index is 13.6. The Kier molecular flexibility index (Phi) is 10.0. The summed E-state index contributed by atoms with van der Waals surface area (Å²) in [7, 11) is 0. The predicted molar refractivity (Wildman–Crippen MR) is 167 cm³/mol. The van der Waals surface area contributed by atoms with E-state index in [9.17, 15) is 4.79 Å². The summed E-state index contributed by atoms with van der Waals surface area (Å²) < 4.78 is 1.91. The molecule has 41 heavy (non-hydrogen) atoms. The number of carbonyl (C=O) groups excluding carboxylic acids is 1. The van der Waals surface area contributed by atoms with Crippen molar-refractivity contribution in [3.8, 4) is 5.82 Å². The van der Waals surface area contributed by atoms with Crippen LogP contribution in [0.15, 0.2) is 73.1 Å². The third kappa shape index (κ3) is 8.38. The zero-order valence-electron chi connectivity index (χ0n) is 22.6. The van der Waals surface area contributed by atoms with E-state index in [0.29, 0.717) is 58.1 Å². The van der Waals surface area contributed by atoms with E-state index in [1.54, 1.807) is 12.1 Å². The lowest BCUT2D eigenvalue weighted by atomic mass is 9.84. The average Bonchev–Trinajstić information content (AvgIpc) is 3.51. The van der Waals surface area contributed by atoms with Crippen LogP contribution in [0.3, 0.4) is 0 Å². The van der Waals surface area contributed by atoms with E-state index in [0.717, 1.165) is 24.0 Å². The standard InChI is InChI=1S/C31H33Cl3N6O/c32-24-10-6-9-22(15-24)19-36-31-38-28(18-29(39-31)40-13-4-5-14-40)37-27(16-21-7-2-1-3-8-21)30(41)35-20-23-11-12-25(33)17-26(23)34/h4-6,9-15,17-18,21,27H,1-3,7-8,16,19-20H2,(H,35,41)(H2,36,37,38,39). The van der Waals surface area contributed by atoms with E-state index in [1.165, 1.54) is 19.3 Å². The highest BCUT2D eigenvalue weighted by Gasteiger charge is 2.25. The van der Waals surface area contributed by atoms with Crippen LogP contribution in [-0.2, 0) is 17.9 Å². The first-order chi connectivity index (χ1) is 19.9. The van der Waals surface area contributed by atoms with Gasteiger partial charge in [-0.05, 0) is 59.9 Å². The molecule has 0 saturated heterocycles. The molecule has 1 atom stereocenters. The summed E-state index contributed by atoms with van der Waals surface area (Å²) in [5, 5.41) is 11.6. The van der Waals surface area contributed by atoms with Gasteiger partial charge in [0, 0.05) is 46.6 Å². The van der Waals surface area contributed by atoms with E-state index in [2.05, 4.69) is 16.0 Å². The summed E-state index contributed by atoms with van der Waals surface area (Å²) >= 11 is 18.6. The van der Waals surface area contributed by atoms with E-state index >= 15 is 0 Å². The van der Waals surface area contributed by atoms with Crippen LogP contribution < -0.4 is 16.0 Å². The molecule has 7 nitrogen and oxygen atoms in total. The SMILES string of the molecule is O=C(NCc1ccc(Cl)cc1Cl)C(CC1CCCCC1)Nc1cc(-n2cccc2)nc(NCc2cccc(Cl)c2)n1. The summed E-state index contributed by atoms with van der Waals surface area (Å²) in [5.74, 6) is 2.07. The topological polar surface area (TPSA) is 83.9 Å². The number of benzene rings is 2. The molecule has 1 unspecified atom stereocenters. The molecule has 1 amide bonds. The van der Waals surface area contributed by atoms with E-state index in [1.807, 2.05) is 65.5 Å². The van der Waals surface area contributed by atoms with E-state index in [-0.39, 0.29) is 5.91 Å². The van der Waals surface area contributed by atoms with Gasteiger partial charge < -0.3 is 20.5 Å². The highest BCUT2D eigenvalue weighted by atomic mass is 35.5. The maximum atomic E-state index is 13.6. The number of carbonyl (C=O) groups is 1. The number of hydrogen-bond acceptors (Lipinski definition) is 5. The van der Waals surface area contributed by atoms with Gasteiger partial charge in [0.05, 0.1) is 0 Å². The van der Waals surface area contributed by atoms with Crippen molar-refractivity contribution in [2.24, 2.45) is 5.92 Å². The molecule has 3 N–H and O–H groups in total. The quantitative estimate of drug-likeness (QED) is 0.161. The van der Waals surface area contributed by atoms with Gasteiger partial charge >= 0.3 is 0 Å². The predicted octanol–water partition coefficient (Wildman–Crippen LogP) is 7.91. The molecule has 1 aliphatic rings. The van der Waals surface area contributed by atoms with E-state index < -0.39 is 6.04 Å². The molecule has 5 rings (SSSR count). The summed E-state index contributed by atoms with van der Waals surface area (Å²) in [5.41, 5.74) is 1.82. The van der Waals surface area contributed by atoms with E-state index in [4.69, 9.17) is 44.8 Å². The molecule has 0 aliphatic heterocycles. The van der Waals surface area contributed by atoms with Gasteiger partial charge in [0.15, 0.2) is 0 Å². The largest absolute Gasteiger partial charge is 0.358 e. The second-order valence-electron chi connectivity index (χ2n) is 10.4. The Balaban J connectivity index is 1.37. The van der Waals surface area contributed by atoms with Crippen molar-refractivity contribution in [1.82, 2.24) is 19.9 Å². The van der Waals surface area contributed by atoms with Crippen LogP contribution >= 0.6 is 34.8 Å². The molecule has 1 fully saturated rings. The third-order valence-electron chi connectivity index (χ3n) is 7.32. The van der Waals surface area contributed by atoms with Crippen molar-refractivity contribution >= 4 is 52.5 Å².